The summed E-state index contributed by atoms with van der Waals surface area (Å²) in [4.78, 5) is 14.2. The summed E-state index contributed by atoms with van der Waals surface area (Å²) in [6, 6.07) is 4.99. The molecule has 2 rings (SSSR count). The summed E-state index contributed by atoms with van der Waals surface area (Å²) in [6.07, 6.45) is 4.09. The number of benzene rings is 1. The van der Waals surface area contributed by atoms with E-state index >= 15 is 0 Å². The van der Waals surface area contributed by atoms with Crippen LogP contribution in [0.5, 0.6) is 5.75 Å². The number of hydrogen-bond acceptors (Lipinski definition) is 3. The number of ether oxygens (including phenoxy) is 1. The van der Waals surface area contributed by atoms with Crippen LogP contribution in [0.1, 0.15) is 31.2 Å². The maximum Gasteiger partial charge on any atom is 0.223 e. The van der Waals surface area contributed by atoms with E-state index in [-0.39, 0.29) is 23.5 Å². The largest absolute Gasteiger partial charge is 0.494 e. The summed E-state index contributed by atoms with van der Waals surface area (Å²) in [5.74, 6) is -0.0501. The van der Waals surface area contributed by atoms with E-state index in [1.807, 2.05) is 4.90 Å². The van der Waals surface area contributed by atoms with Crippen LogP contribution in [0.15, 0.2) is 18.2 Å². The third-order valence-corrected chi connectivity index (χ3v) is 4.06. The molecule has 5 heteroatoms. The number of methoxy groups -OCH3 is 1. The van der Waals surface area contributed by atoms with Crippen molar-refractivity contribution in [2.45, 2.75) is 38.1 Å². The van der Waals surface area contributed by atoms with E-state index in [2.05, 4.69) is 0 Å². The zero-order chi connectivity index (χ0) is 15.2. The highest BCUT2D eigenvalue weighted by Gasteiger charge is 2.25. The van der Waals surface area contributed by atoms with E-state index in [1.165, 1.54) is 13.2 Å². The fraction of sp³-hybridized carbons (Fsp3) is 0.562. The van der Waals surface area contributed by atoms with Gasteiger partial charge in [-0.2, -0.15) is 0 Å². The average molecular weight is 294 g/mol. The summed E-state index contributed by atoms with van der Waals surface area (Å²) >= 11 is 0. The minimum absolute atomic E-state index is 0.112. The number of aryl methyl sites for hydroxylation is 1. The lowest BCUT2D eigenvalue weighted by molar-refractivity contribution is -0.134. The molecule has 0 radical (unpaired) electrons. The third-order valence-electron chi connectivity index (χ3n) is 4.06. The van der Waals surface area contributed by atoms with Gasteiger partial charge in [0.1, 0.15) is 0 Å². The van der Waals surface area contributed by atoms with E-state index < -0.39 is 0 Å². The van der Waals surface area contributed by atoms with E-state index in [9.17, 15) is 9.18 Å². The molecule has 1 atom stereocenters. The van der Waals surface area contributed by atoms with E-state index in [0.29, 0.717) is 19.4 Å². The van der Waals surface area contributed by atoms with Crippen LogP contribution in [0.2, 0.25) is 0 Å². The number of rotatable bonds is 5. The standard InChI is InChI=1S/C16H23FN2O2/c1-21-15-7-5-12(10-14(15)17)6-8-16(20)19-9-3-2-4-13(19)11-18/h5,7,10,13H,2-4,6,8-9,11,18H2,1H3. The molecular weight excluding hydrogens is 271 g/mol. The first-order valence-electron chi connectivity index (χ1n) is 7.47. The normalized spacial score (nSPS) is 18.6. The van der Waals surface area contributed by atoms with Crippen molar-refractivity contribution in [1.29, 1.82) is 0 Å². The van der Waals surface area contributed by atoms with Crippen LogP contribution in [0.4, 0.5) is 4.39 Å². The highest BCUT2D eigenvalue weighted by Crippen LogP contribution is 2.20. The number of nitrogens with zero attached hydrogens (tertiary/aromatic N) is 1. The number of likely N-dealkylation sites (tertiary alicyclic amines) is 1. The minimum Gasteiger partial charge on any atom is -0.494 e. The molecule has 1 aliphatic rings. The van der Waals surface area contributed by atoms with Gasteiger partial charge in [-0.1, -0.05) is 6.07 Å². The van der Waals surface area contributed by atoms with Crippen LogP contribution in [0.3, 0.4) is 0 Å². The van der Waals surface area contributed by atoms with E-state index in [0.717, 1.165) is 31.4 Å². The molecule has 4 nitrogen and oxygen atoms in total. The maximum absolute atomic E-state index is 13.6. The number of hydrogen-bond donors (Lipinski definition) is 1. The van der Waals surface area contributed by atoms with Crippen molar-refractivity contribution < 1.29 is 13.9 Å². The maximum atomic E-state index is 13.6. The number of nitrogens with two attached hydrogens (primary N) is 1. The summed E-state index contributed by atoms with van der Waals surface area (Å²) in [6.45, 7) is 1.31. The van der Waals surface area contributed by atoms with Gasteiger partial charge < -0.3 is 15.4 Å². The molecule has 1 heterocycles. The van der Waals surface area contributed by atoms with E-state index in [4.69, 9.17) is 10.5 Å². The summed E-state index contributed by atoms with van der Waals surface area (Å²) in [7, 11) is 1.44. The second kappa shape index (κ2) is 7.41. The molecular formula is C16H23FN2O2. The van der Waals surface area contributed by atoms with Crippen molar-refractivity contribution in [2.75, 3.05) is 20.2 Å². The van der Waals surface area contributed by atoms with Gasteiger partial charge in [-0.3, -0.25) is 4.79 Å². The zero-order valence-electron chi connectivity index (χ0n) is 12.5. The predicted octanol–water partition coefficient (Wildman–Crippen LogP) is 2.11. The molecule has 1 saturated heterocycles. The highest BCUT2D eigenvalue weighted by atomic mass is 19.1. The summed E-state index contributed by atoms with van der Waals surface area (Å²) in [5, 5.41) is 0. The van der Waals surface area contributed by atoms with Gasteiger partial charge in [-0.25, -0.2) is 4.39 Å². The van der Waals surface area contributed by atoms with Crippen LogP contribution in [0, 0.1) is 5.82 Å². The Labute approximate surface area is 125 Å². The van der Waals surface area contributed by atoms with Crippen LogP contribution >= 0.6 is 0 Å². The van der Waals surface area contributed by atoms with E-state index in [1.54, 1.807) is 12.1 Å². The highest BCUT2D eigenvalue weighted by molar-refractivity contribution is 5.77. The van der Waals surface area contributed by atoms with Crippen molar-refractivity contribution in [2.24, 2.45) is 5.73 Å². The van der Waals surface area contributed by atoms with Crippen LogP contribution in [-0.2, 0) is 11.2 Å². The fourth-order valence-corrected chi connectivity index (χ4v) is 2.83. The Morgan fingerprint density at radius 2 is 2.29 bits per heavy atom. The number of amides is 1. The van der Waals surface area contributed by atoms with Crippen molar-refractivity contribution in [1.82, 2.24) is 4.90 Å². The van der Waals surface area contributed by atoms with Gasteiger partial charge >= 0.3 is 0 Å². The third kappa shape index (κ3) is 3.94. The molecule has 0 aromatic heterocycles. The number of carbonyl (C=O) groups is 1. The first-order valence-corrected chi connectivity index (χ1v) is 7.47. The molecule has 0 aliphatic carbocycles. The molecule has 2 N–H and O–H groups in total. The SMILES string of the molecule is COc1ccc(CCC(=O)N2CCCCC2CN)cc1F. The summed E-state index contributed by atoms with van der Waals surface area (Å²) in [5.41, 5.74) is 6.54. The van der Waals surface area contributed by atoms with Gasteiger partial charge in [0.15, 0.2) is 11.6 Å². The van der Waals surface area contributed by atoms with Gasteiger partial charge in [0, 0.05) is 25.6 Å². The Kier molecular flexibility index (Phi) is 5.56. The topological polar surface area (TPSA) is 55.6 Å². The molecule has 1 aromatic carbocycles. The molecule has 1 amide bonds. The van der Waals surface area contributed by atoms with Crippen molar-refractivity contribution in [3.8, 4) is 5.75 Å². The second-order valence-corrected chi connectivity index (χ2v) is 5.44. The van der Waals surface area contributed by atoms with Gasteiger partial charge in [0.05, 0.1) is 7.11 Å². The van der Waals surface area contributed by atoms with Crippen LogP contribution < -0.4 is 10.5 Å². The second-order valence-electron chi connectivity index (χ2n) is 5.44. The lowest BCUT2D eigenvalue weighted by Gasteiger charge is -2.35. The average Bonchev–Trinajstić information content (AvgIpc) is 2.52. The van der Waals surface area contributed by atoms with Gasteiger partial charge in [0.2, 0.25) is 5.91 Å². The van der Waals surface area contributed by atoms with Gasteiger partial charge in [-0.05, 0) is 43.4 Å². The molecule has 21 heavy (non-hydrogen) atoms. The molecule has 1 aliphatic heterocycles. The lowest BCUT2D eigenvalue weighted by atomic mass is 10.0. The monoisotopic (exact) mass is 294 g/mol. The Morgan fingerprint density at radius 3 is 2.95 bits per heavy atom. The lowest BCUT2D eigenvalue weighted by Crippen LogP contribution is -2.47. The molecule has 1 aromatic rings. The number of carbonyl (C=O) groups excluding carboxylic acids is 1. The van der Waals surface area contributed by atoms with Crippen molar-refractivity contribution in [3.63, 3.8) is 0 Å². The Balaban J connectivity index is 1.92. The molecule has 0 saturated carbocycles. The minimum atomic E-state index is -0.389. The van der Waals surface area contributed by atoms with Gasteiger partial charge in [0.25, 0.3) is 0 Å². The Hall–Kier alpha value is -1.62. The molecule has 0 spiro atoms. The first kappa shape index (κ1) is 15.8. The quantitative estimate of drug-likeness (QED) is 0.905. The smallest absolute Gasteiger partial charge is 0.223 e. The Morgan fingerprint density at radius 1 is 1.48 bits per heavy atom. The number of halogens is 1. The molecule has 1 fully saturated rings. The molecule has 1 unspecified atom stereocenters. The van der Waals surface area contributed by atoms with Gasteiger partial charge in [-0.15, -0.1) is 0 Å². The predicted molar refractivity (Wildman–Crippen MR) is 79.7 cm³/mol. The zero-order valence-corrected chi connectivity index (χ0v) is 12.5. The number of piperidine rings is 1. The van der Waals surface area contributed by atoms with Crippen molar-refractivity contribution in [3.05, 3.63) is 29.6 Å². The van der Waals surface area contributed by atoms with Crippen LogP contribution in [0.25, 0.3) is 0 Å². The summed E-state index contributed by atoms with van der Waals surface area (Å²) < 4.78 is 18.5. The van der Waals surface area contributed by atoms with Crippen LogP contribution in [-0.4, -0.2) is 37.0 Å². The Bertz CT molecular complexity index is 493. The molecule has 0 bridgehead atoms. The fourth-order valence-electron chi connectivity index (χ4n) is 2.83. The molecule has 116 valence electrons. The van der Waals surface area contributed by atoms with Crippen molar-refractivity contribution >= 4 is 5.91 Å². The first-order chi connectivity index (χ1) is 10.2.